The second-order valence-electron chi connectivity index (χ2n) is 5.15. The van der Waals surface area contributed by atoms with Crippen LogP contribution in [0.3, 0.4) is 0 Å². The molecule has 1 N–H and O–H groups in total. The topological polar surface area (TPSA) is 90.0 Å². The molecule has 7 nitrogen and oxygen atoms in total. The number of rotatable bonds is 5. The monoisotopic (exact) mass is 364 g/mol. The highest BCUT2D eigenvalue weighted by Crippen LogP contribution is 2.25. The van der Waals surface area contributed by atoms with E-state index in [1.165, 1.54) is 23.1 Å². The highest BCUT2D eigenvalue weighted by atomic mass is 32.2. The van der Waals surface area contributed by atoms with Gasteiger partial charge in [0.05, 0.1) is 10.8 Å². The van der Waals surface area contributed by atoms with Crippen LogP contribution in [0.5, 0.6) is 0 Å². The van der Waals surface area contributed by atoms with Gasteiger partial charge in [-0.3, -0.25) is 14.2 Å². The molecule has 0 saturated heterocycles. The molecule has 0 aromatic carbocycles. The molecule has 0 saturated carbocycles. The van der Waals surface area contributed by atoms with E-state index in [9.17, 15) is 9.59 Å². The van der Waals surface area contributed by atoms with E-state index in [4.69, 9.17) is 4.52 Å². The summed E-state index contributed by atoms with van der Waals surface area (Å²) < 4.78 is 7.15. The summed E-state index contributed by atoms with van der Waals surface area (Å²) in [5, 5.41) is 8.37. The zero-order chi connectivity index (χ0) is 17.3. The number of aromatic nitrogens is 3. The van der Waals surface area contributed by atoms with Gasteiger partial charge in [0.1, 0.15) is 10.5 Å². The molecule has 3 aromatic heterocycles. The van der Waals surface area contributed by atoms with Crippen molar-refractivity contribution in [3.8, 4) is 0 Å². The molecule has 1 unspecified atom stereocenters. The van der Waals surface area contributed by atoms with E-state index in [0.29, 0.717) is 33.5 Å². The highest BCUT2D eigenvalue weighted by molar-refractivity contribution is 8.00. The molecule has 3 aromatic rings. The van der Waals surface area contributed by atoms with Crippen molar-refractivity contribution in [2.24, 2.45) is 0 Å². The fourth-order valence-corrected chi connectivity index (χ4v) is 3.91. The van der Waals surface area contributed by atoms with Crippen LogP contribution < -0.4 is 10.9 Å². The average molecular weight is 364 g/mol. The molecule has 0 aliphatic rings. The van der Waals surface area contributed by atoms with Gasteiger partial charge in [-0.2, -0.15) is 0 Å². The van der Waals surface area contributed by atoms with E-state index in [2.05, 4.69) is 15.5 Å². The van der Waals surface area contributed by atoms with E-state index in [1.807, 2.05) is 18.4 Å². The number of fused-ring (bicyclic) bond motifs is 1. The van der Waals surface area contributed by atoms with Gasteiger partial charge in [-0.1, -0.05) is 16.9 Å². The van der Waals surface area contributed by atoms with E-state index >= 15 is 0 Å². The largest absolute Gasteiger partial charge is 0.360 e. The Morgan fingerprint density at radius 2 is 2.33 bits per heavy atom. The second-order valence-corrected chi connectivity index (χ2v) is 7.37. The lowest BCUT2D eigenvalue weighted by Gasteiger charge is -2.13. The van der Waals surface area contributed by atoms with Gasteiger partial charge in [0.2, 0.25) is 5.91 Å². The quantitative estimate of drug-likeness (QED) is 0.553. The number of aryl methyl sites for hydroxylation is 1. The molecule has 0 bridgehead atoms. The number of hydrogen-bond donors (Lipinski definition) is 1. The maximum Gasteiger partial charge on any atom is 0.272 e. The van der Waals surface area contributed by atoms with Crippen molar-refractivity contribution in [3.05, 3.63) is 33.6 Å². The Kier molecular flexibility index (Phi) is 4.72. The van der Waals surface area contributed by atoms with E-state index in [0.717, 1.165) is 0 Å². The molecular weight excluding hydrogens is 348 g/mol. The summed E-state index contributed by atoms with van der Waals surface area (Å²) in [4.78, 5) is 29.3. The van der Waals surface area contributed by atoms with Crippen molar-refractivity contribution in [2.45, 2.75) is 37.7 Å². The van der Waals surface area contributed by atoms with Crippen LogP contribution in [0.4, 0.5) is 5.82 Å². The SMILES string of the molecule is CCn1c(SC(C)C(=O)Nc2cc(C)on2)nc2ccsc2c1=O. The fraction of sp³-hybridized carbons (Fsp3) is 0.333. The number of carbonyl (C=O) groups is 1. The number of nitrogens with zero attached hydrogens (tertiary/aromatic N) is 3. The lowest BCUT2D eigenvalue weighted by atomic mass is 10.4. The molecule has 126 valence electrons. The summed E-state index contributed by atoms with van der Waals surface area (Å²) in [6, 6.07) is 3.46. The van der Waals surface area contributed by atoms with Crippen molar-refractivity contribution in [2.75, 3.05) is 5.32 Å². The molecule has 0 radical (unpaired) electrons. The Morgan fingerprint density at radius 1 is 1.54 bits per heavy atom. The van der Waals surface area contributed by atoms with E-state index in [1.54, 1.807) is 24.5 Å². The van der Waals surface area contributed by atoms with Crippen LogP contribution >= 0.6 is 23.1 Å². The van der Waals surface area contributed by atoms with Gasteiger partial charge in [-0.05, 0) is 32.2 Å². The van der Waals surface area contributed by atoms with Gasteiger partial charge in [-0.15, -0.1) is 11.3 Å². The smallest absolute Gasteiger partial charge is 0.272 e. The Hall–Kier alpha value is -2.13. The van der Waals surface area contributed by atoms with Crippen molar-refractivity contribution >= 4 is 45.0 Å². The average Bonchev–Trinajstić information content (AvgIpc) is 3.16. The third-order valence-corrected chi connectivity index (χ3v) is 5.36. The predicted octanol–water partition coefficient (Wildman–Crippen LogP) is 2.89. The summed E-state index contributed by atoms with van der Waals surface area (Å²) in [5.41, 5.74) is 0.594. The Labute approximate surface area is 146 Å². The normalized spacial score (nSPS) is 12.5. The minimum Gasteiger partial charge on any atom is -0.360 e. The molecular formula is C15H16N4O3S2. The maximum absolute atomic E-state index is 12.5. The standard InChI is InChI=1S/C15H16N4O3S2/c1-4-19-14(21)12-10(5-6-23-12)16-15(19)24-9(3)13(20)17-11-7-8(2)22-18-11/h5-7,9H,4H2,1-3H3,(H,17,18,20). The fourth-order valence-electron chi connectivity index (χ4n) is 2.16. The lowest BCUT2D eigenvalue weighted by molar-refractivity contribution is -0.115. The molecule has 24 heavy (non-hydrogen) atoms. The Morgan fingerprint density at radius 3 is 3.00 bits per heavy atom. The number of hydrogen-bond acceptors (Lipinski definition) is 7. The number of anilines is 1. The van der Waals surface area contributed by atoms with Crippen LogP contribution in [0, 0.1) is 6.92 Å². The van der Waals surface area contributed by atoms with Crippen LogP contribution in [0.15, 0.2) is 32.0 Å². The first kappa shape index (κ1) is 16.7. The van der Waals surface area contributed by atoms with Crippen molar-refractivity contribution in [1.29, 1.82) is 0 Å². The van der Waals surface area contributed by atoms with Crippen LogP contribution in [-0.4, -0.2) is 25.9 Å². The summed E-state index contributed by atoms with van der Waals surface area (Å²) in [6.07, 6.45) is 0. The predicted molar refractivity (Wildman–Crippen MR) is 94.7 cm³/mol. The number of nitrogens with one attached hydrogen (secondary N) is 1. The molecule has 0 aliphatic carbocycles. The molecule has 0 fully saturated rings. The van der Waals surface area contributed by atoms with Crippen molar-refractivity contribution < 1.29 is 9.32 Å². The van der Waals surface area contributed by atoms with Crippen LogP contribution in [-0.2, 0) is 11.3 Å². The first-order valence-corrected chi connectivity index (χ1v) is 9.14. The van der Waals surface area contributed by atoms with Gasteiger partial charge in [-0.25, -0.2) is 4.98 Å². The van der Waals surface area contributed by atoms with Gasteiger partial charge >= 0.3 is 0 Å². The van der Waals surface area contributed by atoms with E-state index < -0.39 is 5.25 Å². The van der Waals surface area contributed by atoms with Crippen LogP contribution in [0.2, 0.25) is 0 Å². The lowest BCUT2D eigenvalue weighted by Crippen LogP contribution is -2.26. The van der Waals surface area contributed by atoms with E-state index in [-0.39, 0.29) is 11.5 Å². The van der Waals surface area contributed by atoms with Crippen molar-refractivity contribution in [1.82, 2.24) is 14.7 Å². The molecule has 1 amide bonds. The van der Waals surface area contributed by atoms with Crippen LogP contribution in [0.25, 0.3) is 10.2 Å². The van der Waals surface area contributed by atoms with Gasteiger partial charge in [0.15, 0.2) is 11.0 Å². The summed E-state index contributed by atoms with van der Waals surface area (Å²) in [7, 11) is 0. The summed E-state index contributed by atoms with van der Waals surface area (Å²) in [6.45, 7) is 5.89. The Balaban J connectivity index is 1.83. The summed E-state index contributed by atoms with van der Waals surface area (Å²) >= 11 is 2.63. The Bertz CT molecular complexity index is 944. The second kappa shape index (κ2) is 6.78. The zero-order valence-electron chi connectivity index (χ0n) is 13.4. The molecule has 0 spiro atoms. The highest BCUT2D eigenvalue weighted by Gasteiger charge is 2.20. The number of thiophene rings is 1. The van der Waals surface area contributed by atoms with Crippen LogP contribution in [0.1, 0.15) is 19.6 Å². The molecule has 3 heterocycles. The number of carbonyl (C=O) groups excluding carboxylic acids is 1. The minimum atomic E-state index is -0.442. The third-order valence-electron chi connectivity index (χ3n) is 3.38. The molecule has 3 rings (SSSR count). The number of thioether (sulfide) groups is 1. The maximum atomic E-state index is 12.5. The van der Waals surface area contributed by atoms with Crippen molar-refractivity contribution in [3.63, 3.8) is 0 Å². The molecule has 9 heteroatoms. The zero-order valence-corrected chi connectivity index (χ0v) is 15.0. The minimum absolute atomic E-state index is 0.0697. The molecule has 0 aliphatic heterocycles. The van der Waals surface area contributed by atoms with Gasteiger partial charge in [0, 0.05) is 12.6 Å². The summed E-state index contributed by atoms with van der Waals surface area (Å²) in [5.74, 6) is 0.768. The molecule has 1 atom stereocenters. The third kappa shape index (κ3) is 3.22. The van der Waals surface area contributed by atoms with Gasteiger partial charge in [0.25, 0.3) is 5.56 Å². The van der Waals surface area contributed by atoms with Gasteiger partial charge < -0.3 is 9.84 Å². The number of amides is 1. The first-order chi connectivity index (χ1) is 11.5. The first-order valence-electron chi connectivity index (χ1n) is 7.38.